The van der Waals surface area contributed by atoms with E-state index < -0.39 is 0 Å². The SMILES string of the molecule is CCCc1nc(-c2ccco2)c(C)c(=O)[nH]1. The van der Waals surface area contributed by atoms with Crippen LogP contribution in [0.5, 0.6) is 0 Å². The first-order chi connectivity index (χ1) is 7.72. The molecule has 84 valence electrons. The first kappa shape index (κ1) is 10.7. The highest BCUT2D eigenvalue weighted by Gasteiger charge is 2.11. The largest absolute Gasteiger partial charge is 0.463 e. The summed E-state index contributed by atoms with van der Waals surface area (Å²) in [4.78, 5) is 18.9. The Balaban J connectivity index is 2.56. The number of aryl methyl sites for hydroxylation is 1. The molecular formula is C12H14N2O2. The van der Waals surface area contributed by atoms with E-state index >= 15 is 0 Å². The number of hydrogen-bond donors (Lipinski definition) is 1. The fraction of sp³-hybridized carbons (Fsp3) is 0.333. The fourth-order valence-electron chi connectivity index (χ4n) is 1.59. The molecule has 2 aromatic heterocycles. The van der Waals surface area contributed by atoms with E-state index in [1.807, 2.05) is 13.0 Å². The van der Waals surface area contributed by atoms with Gasteiger partial charge in [0.1, 0.15) is 11.5 Å². The summed E-state index contributed by atoms with van der Waals surface area (Å²) in [7, 11) is 0. The van der Waals surface area contributed by atoms with Crippen LogP contribution in [0.15, 0.2) is 27.6 Å². The van der Waals surface area contributed by atoms with Gasteiger partial charge in [0.2, 0.25) is 0 Å². The molecule has 0 amide bonds. The minimum atomic E-state index is -0.0927. The van der Waals surface area contributed by atoms with Crippen molar-refractivity contribution in [2.45, 2.75) is 26.7 Å². The summed E-state index contributed by atoms with van der Waals surface area (Å²) in [6, 6.07) is 3.60. The summed E-state index contributed by atoms with van der Waals surface area (Å²) < 4.78 is 5.27. The van der Waals surface area contributed by atoms with Gasteiger partial charge in [-0.2, -0.15) is 0 Å². The maximum absolute atomic E-state index is 11.7. The summed E-state index contributed by atoms with van der Waals surface area (Å²) in [6.07, 6.45) is 3.30. The topological polar surface area (TPSA) is 58.9 Å². The van der Waals surface area contributed by atoms with Crippen LogP contribution in [0.4, 0.5) is 0 Å². The van der Waals surface area contributed by atoms with Gasteiger partial charge in [-0.25, -0.2) is 4.98 Å². The van der Waals surface area contributed by atoms with Gasteiger partial charge in [-0.05, 0) is 25.5 Å². The minimum absolute atomic E-state index is 0.0927. The maximum atomic E-state index is 11.7. The number of furan rings is 1. The van der Waals surface area contributed by atoms with Crippen LogP contribution in [0.25, 0.3) is 11.5 Å². The lowest BCUT2D eigenvalue weighted by Gasteiger charge is -2.04. The fourth-order valence-corrected chi connectivity index (χ4v) is 1.59. The van der Waals surface area contributed by atoms with Crippen LogP contribution >= 0.6 is 0 Å². The van der Waals surface area contributed by atoms with E-state index in [0.29, 0.717) is 22.8 Å². The lowest BCUT2D eigenvalue weighted by atomic mass is 10.2. The van der Waals surface area contributed by atoms with Crippen molar-refractivity contribution in [3.8, 4) is 11.5 Å². The molecule has 0 aliphatic carbocycles. The van der Waals surface area contributed by atoms with Gasteiger partial charge in [-0.1, -0.05) is 6.92 Å². The van der Waals surface area contributed by atoms with E-state index in [4.69, 9.17) is 4.42 Å². The first-order valence-electron chi connectivity index (χ1n) is 5.36. The number of H-pyrrole nitrogens is 1. The van der Waals surface area contributed by atoms with Crippen molar-refractivity contribution in [1.82, 2.24) is 9.97 Å². The molecule has 0 saturated heterocycles. The van der Waals surface area contributed by atoms with Crippen LogP contribution in [0.1, 0.15) is 24.7 Å². The monoisotopic (exact) mass is 218 g/mol. The van der Waals surface area contributed by atoms with Gasteiger partial charge in [0.15, 0.2) is 5.76 Å². The molecular weight excluding hydrogens is 204 g/mol. The van der Waals surface area contributed by atoms with E-state index in [-0.39, 0.29) is 5.56 Å². The Morgan fingerprint density at radius 1 is 1.50 bits per heavy atom. The first-order valence-corrected chi connectivity index (χ1v) is 5.36. The summed E-state index contributed by atoms with van der Waals surface area (Å²) in [5.41, 5.74) is 1.14. The molecule has 4 nitrogen and oxygen atoms in total. The van der Waals surface area contributed by atoms with Gasteiger partial charge in [0, 0.05) is 12.0 Å². The van der Waals surface area contributed by atoms with Crippen molar-refractivity contribution in [2.75, 3.05) is 0 Å². The number of aromatic amines is 1. The number of nitrogens with one attached hydrogen (secondary N) is 1. The lowest BCUT2D eigenvalue weighted by molar-refractivity contribution is 0.578. The van der Waals surface area contributed by atoms with E-state index in [1.54, 1.807) is 19.3 Å². The van der Waals surface area contributed by atoms with Crippen LogP contribution in [0, 0.1) is 6.92 Å². The van der Waals surface area contributed by atoms with Gasteiger partial charge < -0.3 is 9.40 Å². The molecule has 2 aromatic rings. The van der Waals surface area contributed by atoms with Crippen molar-refractivity contribution in [1.29, 1.82) is 0 Å². The Morgan fingerprint density at radius 2 is 2.31 bits per heavy atom. The molecule has 2 rings (SSSR count). The van der Waals surface area contributed by atoms with Crippen molar-refractivity contribution >= 4 is 0 Å². The zero-order chi connectivity index (χ0) is 11.5. The third kappa shape index (κ3) is 1.91. The average molecular weight is 218 g/mol. The standard InChI is InChI=1S/C12H14N2O2/c1-3-5-10-13-11(8(2)12(15)14-10)9-6-4-7-16-9/h4,6-7H,3,5H2,1-2H3,(H,13,14,15). The van der Waals surface area contributed by atoms with Crippen molar-refractivity contribution in [3.05, 3.63) is 40.1 Å². The molecule has 0 radical (unpaired) electrons. The van der Waals surface area contributed by atoms with Crippen LogP contribution in [0.2, 0.25) is 0 Å². The smallest absolute Gasteiger partial charge is 0.254 e. The lowest BCUT2D eigenvalue weighted by Crippen LogP contribution is -2.15. The quantitative estimate of drug-likeness (QED) is 0.859. The van der Waals surface area contributed by atoms with Gasteiger partial charge in [-0.15, -0.1) is 0 Å². The van der Waals surface area contributed by atoms with Crippen LogP contribution < -0.4 is 5.56 Å². The summed E-state index contributed by atoms with van der Waals surface area (Å²) in [5, 5.41) is 0. The zero-order valence-electron chi connectivity index (χ0n) is 9.41. The van der Waals surface area contributed by atoms with Crippen molar-refractivity contribution in [2.24, 2.45) is 0 Å². The second-order valence-corrected chi connectivity index (χ2v) is 3.71. The summed E-state index contributed by atoms with van der Waals surface area (Å²) in [5.74, 6) is 1.35. The maximum Gasteiger partial charge on any atom is 0.254 e. The van der Waals surface area contributed by atoms with E-state index in [0.717, 1.165) is 12.8 Å². The summed E-state index contributed by atoms with van der Waals surface area (Å²) in [6.45, 7) is 3.80. The van der Waals surface area contributed by atoms with E-state index in [2.05, 4.69) is 9.97 Å². The van der Waals surface area contributed by atoms with Gasteiger partial charge >= 0.3 is 0 Å². The second kappa shape index (κ2) is 4.35. The molecule has 0 atom stereocenters. The highest BCUT2D eigenvalue weighted by molar-refractivity contribution is 5.55. The third-order valence-corrected chi connectivity index (χ3v) is 2.44. The molecule has 0 fully saturated rings. The normalized spacial score (nSPS) is 10.6. The minimum Gasteiger partial charge on any atom is -0.463 e. The molecule has 0 aromatic carbocycles. The summed E-state index contributed by atoms with van der Waals surface area (Å²) >= 11 is 0. The number of hydrogen-bond acceptors (Lipinski definition) is 3. The molecule has 0 aliphatic rings. The van der Waals surface area contributed by atoms with Crippen molar-refractivity contribution < 1.29 is 4.42 Å². The Bertz CT molecular complexity index is 526. The Morgan fingerprint density at radius 3 is 2.94 bits per heavy atom. The van der Waals surface area contributed by atoms with Crippen molar-refractivity contribution in [3.63, 3.8) is 0 Å². The van der Waals surface area contributed by atoms with Gasteiger partial charge in [-0.3, -0.25) is 4.79 Å². The molecule has 0 aliphatic heterocycles. The predicted molar refractivity (Wildman–Crippen MR) is 61.3 cm³/mol. The van der Waals surface area contributed by atoms with Crippen LogP contribution in [-0.2, 0) is 6.42 Å². The molecule has 0 spiro atoms. The number of rotatable bonds is 3. The van der Waals surface area contributed by atoms with E-state index in [9.17, 15) is 4.79 Å². The Kier molecular flexibility index (Phi) is 2.90. The highest BCUT2D eigenvalue weighted by Crippen LogP contribution is 2.19. The molecule has 2 heterocycles. The van der Waals surface area contributed by atoms with E-state index in [1.165, 1.54) is 0 Å². The number of aromatic nitrogens is 2. The third-order valence-electron chi connectivity index (χ3n) is 2.44. The van der Waals surface area contributed by atoms with Crippen LogP contribution in [-0.4, -0.2) is 9.97 Å². The van der Waals surface area contributed by atoms with Gasteiger partial charge in [0.05, 0.1) is 6.26 Å². The Hall–Kier alpha value is -1.84. The zero-order valence-corrected chi connectivity index (χ0v) is 9.41. The number of nitrogens with zero attached hydrogens (tertiary/aromatic N) is 1. The highest BCUT2D eigenvalue weighted by atomic mass is 16.3. The molecule has 1 N–H and O–H groups in total. The van der Waals surface area contributed by atoms with Crippen LogP contribution in [0.3, 0.4) is 0 Å². The molecule has 4 heteroatoms. The molecule has 16 heavy (non-hydrogen) atoms. The van der Waals surface area contributed by atoms with Gasteiger partial charge in [0.25, 0.3) is 5.56 Å². The Labute approximate surface area is 93.3 Å². The molecule has 0 saturated carbocycles. The average Bonchev–Trinajstić information content (AvgIpc) is 2.76. The molecule has 0 unspecified atom stereocenters. The second-order valence-electron chi connectivity index (χ2n) is 3.71. The predicted octanol–water partition coefficient (Wildman–Crippen LogP) is 2.29. The molecule has 0 bridgehead atoms.